The maximum Gasteiger partial charge on any atom is 0.302 e. The minimum Gasteiger partial charge on any atom is -0.466 e. The van der Waals surface area contributed by atoms with Gasteiger partial charge in [0.2, 0.25) is 0 Å². The molecular weight excluding hydrogens is 140 g/mol. The van der Waals surface area contributed by atoms with Gasteiger partial charge in [0.25, 0.3) is 0 Å². The van der Waals surface area contributed by atoms with Gasteiger partial charge >= 0.3 is 5.97 Å². The van der Waals surface area contributed by atoms with E-state index in [0.717, 1.165) is 12.8 Å². The highest BCUT2D eigenvalue weighted by Crippen LogP contribution is 2.23. The molecule has 0 aliphatic carbocycles. The third-order valence-electron chi connectivity index (χ3n) is 2.04. The molecule has 0 aliphatic heterocycles. The van der Waals surface area contributed by atoms with E-state index in [4.69, 9.17) is 4.74 Å². The lowest BCUT2D eigenvalue weighted by molar-refractivity contribution is -0.141. The molecule has 0 amide bonds. The second kappa shape index (κ2) is 4.37. The van der Waals surface area contributed by atoms with Crippen molar-refractivity contribution in [1.29, 1.82) is 0 Å². The molecule has 0 radical (unpaired) electrons. The Morgan fingerprint density at radius 2 is 2.00 bits per heavy atom. The van der Waals surface area contributed by atoms with Crippen LogP contribution in [0.15, 0.2) is 0 Å². The van der Waals surface area contributed by atoms with E-state index in [1.54, 1.807) is 0 Å². The Hall–Kier alpha value is -0.530. The molecule has 0 N–H and O–H groups in total. The van der Waals surface area contributed by atoms with Crippen LogP contribution in [0.25, 0.3) is 0 Å². The fourth-order valence-electron chi connectivity index (χ4n) is 0.648. The smallest absolute Gasteiger partial charge is 0.302 e. The lowest BCUT2D eigenvalue weighted by Gasteiger charge is -2.21. The van der Waals surface area contributed by atoms with Gasteiger partial charge in [0.15, 0.2) is 0 Å². The van der Waals surface area contributed by atoms with E-state index >= 15 is 0 Å². The molecule has 0 aromatic heterocycles. The van der Waals surface area contributed by atoms with Crippen LogP contribution in [0.5, 0.6) is 0 Å². The van der Waals surface area contributed by atoms with E-state index in [-0.39, 0.29) is 5.97 Å². The van der Waals surface area contributed by atoms with Gasteiger partial charge in [-0.25, -0.2) is 0 Å². The summed E-state index contributed by atoms with van der Waals surface area (Å²) in [5, 5.41) is 0. The fraction of sp³-hybridized carbons (Fsp3) is 0.889. The van der Waals surface area contributed by atoms with E-state index in [1.807, 2.05) is 0 Å². The Kier molecular flexibility index (Phi) is 4.16. The Morgan fingerprint density at radius 1 is 1.45 bits per heavy atom. The van der Waals surface area contributed by atoms with Gasteiger partial charge in [0.1, 0.15) is 0 Å². The molecule has 0 rings (SSSR count). The van der Waals surface area contributed by atoms with Crippen LogP contribution in [0.4, 0.5) is 0 Å². The second-order valence-corrected chi connectivity index (χ2v) is 3.61. The molecule has 66 valence electrons. The average Bonchev–Trinajstić information content (AvgIpc) is 1.87. The van der Waals surface area contributed by atoms with Crippen LogP contribution in [0.2, 0.25) is 0 Å². The quantitative estimate of drug-likeness (QED) is 0.587. The van der Waals surface area contributed by atoms with Crippen molar-refractivity contribution in [1.82, 2.24) is 0 Å². The van der Waals surface area contributed by atoms with E-state index in [1.165, 1.54) is 6.92 Å². The van der Waals surface area contributed by atoms with Crippen molar-refractivity contribution in [3.8, 4) is 0 Å². The molecule has 0 heterocycles. The summed E-state index contributed by atoms with van der Waals surface area (Å²) in [6, 6.07) is 0. The third kappa shape index (κ3) is 5.89. The molecule has 0 unspecified atom stereocenters. The molecule has 2 heteroatoms. The van der Waals surface area contributed by atoms with E-state index in [9.17, 15) is 4.79 Å². The van der Waals surface area contributed by atoms with Crippen LogP contribution in [0, 0.1) is 5.41 Å². The van der Waals surface area contributed by atoms with Crippen LogP contribution in [0.3, 0.4) is 0 Å². The van der Waals surface area contributed by atoms with Crippen molar-refractivity contribution < 1.29 is 9.53 Å². The van der Waals surface area contributed by atoms with Gasteiger partial charge in [0.05, 0.1) is 6.61 Å². The monoisotopic (exact) mass is 158 g/mol. The minimum atomic E-state index is -0.183. The highest BCUT2D eigenvalue weighted by atomic mass is 16.5. The van der Waals surface area contributed by atoms with Crippen LogP contribution >= 0.6 is 0 Å². The normalized spacial score (nSPS) is 11.3. The van der Waals surface area contributed by atoms with Crippen LogP contribution < -0.4 is 0 Å². The Bertz CT molecular complexity index is 128. The van der Waals surface area contributed by atoms with E-state index in [0.29, 0.717) is 12.0 Å². The van der Waals surface area contributed by atoms with Crippen molar-refractivity contribution in [3.63, 3.8) is 0 Å². The molecule has 0 aromatic carbocycles. The summed E-state index contributed by atoms with van der Waals surface area (Å²) in [6.45, 7) is 8.50. The Morgan fingerprint density at radius 3 is 2.36 bits per heavy atom. The molecular formula is C9H18O2. The van der Waals surface area contributed by atoms with Crippen LogP contribution in [-0.4, -0.2) is 12.6 Å². The highest BCUT2D eigenvalue weighted by Gasteiger charge is 2.14. The minimum absolute atomic E-state index is 0.183. The summed E-state index contributed by atoms with van der Waals surface area (Å²) in [5.74, 6) is -0.183. The first kappa shape index (κ1) is 10.5. The van der Waals surface area contributed by atoms with Crippen molar-refractivity contribution in [2.75, 3.05) is 6.61 Å². The predicted octanol–water partition coefficient (Wildman–Crippen LogP) is 2.38. The summed E-state index contributed by atoms with van der Waals surface area (Å²) in [7, 11) is 0. The van der Waals surface area contributed by atoms with Crippen molar-refractivity contribution in [3.05, 3.63) is 0 Å². The number of esters is 1. The van der Waals surface area contributed by atoms with Crippen molar-refractivity contribution >= 4 is 5.97 Å². The summed E-state index contributed by atoms with van der Waals surface area (Å²) in [4.78, 5) is 10.4. The Labute approximate surface area is 68.9 Å². The molecule has 11 heavy (non-hydrogen) atoms. The maximum atomic E-state index is 10.4. The second-order valence-electron chi connectivity index (χ2n) is 3.61. The summed E-state index contributed by atoms with van der Waals surface area (Å²) >= 11 is 0. The molecule has 0 bridgehead atoms. The van der Waals surface area contributed by atoms with Gasteiger partial charge < -0.3 is 4.74 Å². The largest absolute Gasteiger partial charge is 0.466 e. The molecule has 0 atom stereocenters. The van der Waals surface area contributed by atoms with Gasteiger partial charge in [-0.3, -0.25) is 4.79 Å². The number of carbonyl (C=O) groups is 1. The number of hydrogen-bond donors (Lipinski definition) is 0. The lowest BCUT2D eigenvalue weighted by Crippen LogP contribution is -2.14. The number of carbonyl (C=O) groups excluding carboxylic acids is 1. The lowest BCUT2D eigenvalue weighted by atomic mass is 9.87. The molecule has 0 aromatic rings. The van der Waals surface area contributed by atoms with Crippen LogP contribution in [-0.2, 0) is 9.53 Å². The molecule has 0 aliphatic rings. The van der Waals surface area contributed by atoms with Gasteiger partial charge in [-0.1, -0.05) is 27.2 Å². The molecule has 0 spiro atoms. The maximum absolute atomic E-state index is 10.4. The molecule has 0 fully saturated rings. The third-order valence-corrected chi connectivity index (χ3v) is 2.04. The SMILES string of the molecule is CCC(C)(C)CCOC(C)=O. The fourth-order valence-corrected chi connectivity index (χ4v) is 0.648. The number of rotatable bonds is 4. The van der Waals surface area contributed by atoms with Crippen LogP contribution in [0.1, 0.15) is 40.5 Å². The zero-order valence-corrected chi connectivity index (χ0v) is 7.94. The van der Waals surface area contributed by atoms with E-state index in [2.05, 4.69) is 20.8 Å². The first-order valence-electron chi connectivity index (χ1n) is 4.11. The molecule has 0 saturated carbocycles. The Balaban J connectivity index is 3.45. The van der Waals surface area contributed by atoms with Gasteiger partial charge in [-0.15, -0.1) is 0 Å². The van der Waals surface area contributed by atoms with E-state index < -0.39 is 0 Å². The van der Waals surface area contributed by atoms with Crippen molar-refractivity contribution in [2.45, 2.75) is 40.5 Å². The number of ether oxygens (including phenoxy) is 1. The zero-order valence-electron chi connectivity index (χ0n) is 7.94. The van der Waals surface area contributed by atoms with Gasteiger partial charge in [-0.2, -0.15) is 0 Å². The number of hydrogen-bond acceptors (Lipinski definition) is 2. The summed E-state index contributed by atoms with van der Waals surface area (Å²) in [6.07, 6.45) is 2.07. The van der Waals surface area contributed by atoms with Crippen molar-refractivity contribution in [2.24, 2.45) is 5.41 Å². The standard InChI is InChI=1S/C9H18O2/c1-5-9(3,4)6-7-11-8(2)10/h5-7H2,1-4H3. The molecule has 0 saturated heterocycles. The average molecular weight is 158 g/mol. The summed E-state index contributed by atoms with van der Waals surface area (Å²) in [5.41, 5.74) is 0.301. The topological polar surface area (TPSA) is 26.3 Å². The first-order chi connectivity index (χ1) is 4.98. The van der Waals surface area contributed by atoms with Gasteiger partial charge in [-0.05, 0) is 11.8 Å². The molecule has 2 nitrogen and oxygen atoms in total. The zero-order chi connectivity index (χ0) is 8.91. The first-order valence-corrected chi connectivity index (χ1v) is 4.11. The summed E-state index contributed by atoms with van der Waals surface area (Å²) < 4.78 is 4.84. The highest BCUT2D eigenvalue weighted by molar-refractivity contribution is 5.65. The van der Waals surface area contributed by atoms with Gasteiger partial charge in [0, 0.05) is 6.92 Å². The predicted molar refractivity (Wildman–Crippen MR) is 45.3 cm³/mol.